The lowest BCUT2D eigenvalue weighted by atomic mass is 10.3. The molecule has 3 heteroatoms. The smallest absolute Gasteiger partial charge is 0.222 e. The minimum atomic E-state index is -1.24. The van der Waals surface area contributed by atoms with Gasteiger partial charge in [0.2, 0.25) is 5.24 Å². The van der Waals surface area contributed by atoms with E-state index in [1.165, 1.54) is 0 Å². The van der Waals surface area contributed by atoms with E-state index in [1.807, 2.05) is 0 Å². The van der Waals surface area contributed by atoms with E-state index in [4.69, 9.17) is 11.6 Å². The largest absolute Gasteiger partial charge is 0.281 e. The molecule has 0 saturated carbocycles. The van der Waals surface area contributed by atoms with Crippen molar-refractivity contribution < 1.29 is 4.79 Å². The third kappa shape index (κ3) is 9.74. The minimum Gasteiger partial charge on any atom is -0.281 e. The fourth-order valence-electron chi connectivity index (χ4n) is 0.488. The number of carbonyl (C=O) groups excluding carboxylic acids is 1. The summed E-state index contributed by atoms with van der Waals surface area (Å²) in [4.78, 5) is 10.3. The number of hydrogen-bond acceptors (Lipinski definition) is 1. The van der Waals surface area contributed by atoms with Crippen LogP contribution < -0.4 is 0 Å². The molecule has 0 bridgehead atoms. The van der Waals surface area contributed by atoms with Crippen molar-refractivity contribution in [3.63, 3.8) is 0 Å². The van der Waals surface area contributed by atoms with E-state index in [2.05, 4.69) is 31.1 Å². The molecule has 0 atom stereocenters. The zero-order valence-corrected chi connectivity index (χ0v) is 8.96. The standard InChI is InChI=1S/C8H13ClOSi/c1-11(2,3)7-5-4-6-8(9)10/h4,6H2,1-3H3. The third-order valence-corrected chi connectivity index (χ3v) is 2.03. The summed E-state index contributed by atoms with van der Waals surface area (Å²) in [5.74, 6) is 2.96. The van der Waals surface area contributed by atoms with Crippen molar-refractivity contribution in [2.45, 2.75) is 32.5 Å². The summed E-state index contributed by atoms with van der Waals surface area (Å²) < 4.78 is 0. The lowest BCUT2D eigenvalue weighted by molar-refractivity contribution is -0.111. The first-order valence-electron chi connectivity index (χ1n) is 3.60. The molecule has 0 saturated heterocycles. The summed E-state index contributed by atoms with van der Waals surface area (Å²) in [6.45, 7) is 6.51. The van der Waals surface area contributed by atoms with Gasteiger partial charge in [-0.2, -0.15) is 0 Å². The highest BCUT2D eigenvalue weighted by Crippen LogP contribution is 1.98. The first-order valence-corrected chi connectivity index (χ1v) is 7.48. The zero-order valence-electron chi connectivity index (χ0n) is 7.20. The van der Waals surface area contributed by atoms with Gasteiger partial charge >= 0.3 is 0 Å². The van der Waals surface area contributed by atoms with Gasteiger partial charge in [0.05, 0.1) is 0 Å². The highest BCUT2D eigenvalue weighted by Gasteiger charge is 2.06. The Morgan fingerprint density at radius 3 is 2.36 bits per heavy atom. The average molecular weight is 189 g/mol. The van der Waals surface area contributed by atoms with Crippen LogP contribution in [0.5, 0.6) is 0 Å². The number of rotatable bonds is 2. The molecule has 62 valence electrons. The molecule has 0 rings (SSSR count). The van der Waals surface area contributed by atoms with Crippen LogP contribution in [0.3, 0.4) is 0 Å². The molecule has 0 fully saturated rings. The summed E-state index contributed by atoms with van der Waals surface area (Å²) >= 11 is 5.13. The van der Waals surface area contributed by atoms with Crippen LogP contribution in [-0.2, 0) is 4.79 Å². The van der Waals surface area contributed by atoms with E-state index in [1.54, 1.807) is 0 Å². The van der Waals surface area contributed by atoms with Crippen LogP contribution in [0.4, 0.5) is 0 Å². The number of halogens is 1. The molecular formula is C8H13ClOSi. The van der Waals surface area contributed by atoms with Crippen molar-refractivity contribution in [1.29, 1.82) is 0 Å². The molecule has 1 nitrogen and oxygen atoms in total. The van der Waals surface area contributed by atoms with Crippen LogP contribution in [0.1, 0.15) is 12.8 Å². The van der Waals surface area contributed by atoms with Gasteiger partial charge in [-0.05, 0) is 11.6 Å². The molecule has 0 radical (unpaired) electrons. The summed E-state index contributed by atoms with van der Waals surface area (Å²) in [5, 5.41) is -0.296. The molecule has 11 heavy (non-hydrogen) atoms. The second-order valence-corrected chi connectivity index (χ2v) is 8.58. The second kappa shape index (κ2) is 4.58. The topological polar surface area (TPSA) is 17.1 Å². The van der Waals surface area contributed by atoms with Crippen molar-refractivity contribution in [2.75, 3.05) is 0 Å². The normalized spacial score (nSPS) is 10.2. The molecule has 0 heterocycles. The predicted octanol–water partition coefficient (Wildman–Crippen LogP) is 2.41. The van der Waals surface area contributed by atoms with E-state index < -0.39 is 8.07 Å². The lowest BCUT2D eigenvalue weighted by Crippen LogP contribution is -2.16. The summed E-state index contributed by atoms with van der Waals surface area (Å²) in [6, 6.07) is 0. The molecule has 0 N–H and O–H groups in total. The van der Waals surface area contributed by atoms with Crippen molar-refractivity contribution >= 4 is 24.9 Å². The van der Waals surface area contributed by atoms with Crippen molar-refractivity contribution in [3.8, 4) is 11.5 Å². The summed E-state index contributed by atoms with van der Waals surface area (Å²) in [5.41, 5.74) is 3.16. The van der Waals surface area contributed by atoms with Gasteiger partial charge < -0.3 is 0 Å². The van der Waals surface area contributed by atoms with Gasteiger partial charge in [0.25, 0.3) is 0 Å². The van der Waals surface area contributed by atoms with Crippen molar-refractivity contribution in [2.24, 2.45) is 0 Å². The van der Waals surface area contributed by atoms with Crippen molar-refractivity contribution in [1.82, 2.24) is 0 Å². The van der Waals surface area contributed by atoms with Crippen molar-refractivity contribution in [3.05, 3.63) is 0 Å². The van der Waals surface area contributed by atoms with Gasteiger partial charge in [0, 0.05) is 12.8 Å². The highest BCUT2D eigenvalue weighted by atomic mass is 35.5. The lowest BCUT2D eigenvalue weighted by Gasteiger charge is -2.02. The molecule has 0 aliphatic heterocycles. The Morgan fingerprint density at radius 1 is 1.45 bits per heavy atom. The molecule has 0 unspecified atom stereocenters. The van der Waals surface area contributed by atoms with Crippen LogP contribution in [-0.4, -0.2) is 13.3 Å². The van der Waals surface area contributed by atoms with Gasteiger partial charge in [0.1, 0.15) is 8.07 Å². The Kier molecular flexibility index (Phi) is 4.47. The first kappa shape index (κ1) is 10.7. The average Bonchev–Trinajstić information content (AvgIpc) is 1.78. The van der Waals surface area contributed by atoms with E-state index >= 15 is 0 Å². The summed E-state index contributed by atoms with van der Waals surface area (Å²) in [6.07, 6.45) is 0.978. The van der Waals surface area contributed by atoms with Gasteiger partial charge in [0.15, 0.2) is 0 Å². The van der Waals surface area contributed by atoms with Crippen LogP contribution in [0, 0.1) is 11.5 Å². The Hall–Kier alpha value is -0.263. The Labute approximate surface area is 74.1 Å². The van der Waals surface area contributed by atoms with Gasteiger partial charge in [-0.1, -0.05) is 19.6 Å². The molecule has 0 aliphatic rings. The molecule has 0 aliphatic carbocycles. The first-order chi connectivity index (χ1) is 4.92. The quantitative estimate of drug-likeness (QED) is 0.370. The maximum atomic E-state index is 10.3. The highest BCUT2D eigenvalue weighted by molar-refractivity contribution is 6.83. The molecule has 0 aromatic rings. The monoisotopic (exact) mass is 188 g/mol. The molecule has 0 amide bonds. The fourth-order valence-corrected chi connectivity index (χ4v) is 1.24. The number of hydrogen-bond donors (Lipinski definition) is 0. The Balaban J connectivity index is 3.66. The predicted molar refractivity (Wildman–Crippen MR) is 51.2 cm³/mol. The Bertz CT molecular complexity index is 194. The van der Waals surface area contributed by atoms with E-state index in [0.717, 1.165) is 0 Å². The molecule has 0 aromatic heterocycles. The maximum absolute atomic E-state index is 10.3. The van der Waals surface area contributed by atoms with E-state index in [0.29, 0.717) is 12.8 Å². The van der Waals surface area contributed by atoms with Gasteiger partial charge in [-0.3, -0.25) is 4.79 Å². The molecule has 0 aromatic carbocycles. The molecular weight excluding hydrogens is 176 g/mol. The second-order valence-electron chi connectivity index (χ2n) is 3.41. The molecule has 0 spiro atoms. The van der Waals surface area contributed by atoms with Gasteiger partial charge in [-0.15, -0.1) is 11.5 Å². The Morgan fingerprint density at radius 2 is 2.00 bits per heavy atom. The fraction of sp³-hybridized carbons (Fsp3) is 0.625. The third-order valence-electron chi connectivity index (χ3n) is 0.910. The van der Waals surface area contributed by atoms with Crippen LogP contribution >= 0.6 is 11.6 Å². The zero-order chi connectivity index (χ0) is 8.91. The van der Waals surface area contributed by atoms with E-state index in [-0.39, 0.29) is 5.24 Å². The van der Waals surface area contributed by atoms with Crippen LogP contribution in [0.15, 0.2) is 0 Å². The van der Waals surface area contributed by atoms with Crippen LogP contribution in [0.25, 0.3) is 0 Å². The van der Waals surface area contributed by atoms with Gasteiger partial charge in [-0.25, -0.2) is 0 Å². The summed E-state index contributed by atoms with van der Waals surface area (Å²) in [7, 11) is -1.24. The van der Waals surface area contributed by atoms with Crippen LogP contribution in [0.2, 0.25) is 19.6 Å². The van der Waals surface area contributed by atoms with E-state index in [9.17, 15) is 4.79 Å². The maximum Gasteiger partial charge on any atom is 0.222 e. The minimum absolute atomic E-state index is 0.296. The number of carbonyl (C=O) groups is 1. The SMILES string of the molecule is C[Si](C)(C)C#CCCC(=O)Cl.